The summed E-state index contributed by atoms with van der Waals surface area (Å²) < 4.78 is 0. The fraction of sp³-hybridized carbons (Fsp3) is 0.846. The molecule has 0 bridgehead atoms. The van der Waals surface area contributed by atoms with Crippen LogP contribution in [-0.2, 0) is 9.59 Å². The maximum absolute atomic E-state index is 11.5. The second kappa shape index (κ2) is 9.75. The van der Waals surface area contributed by atoms with Gasteiger partial charge in [-0.05, 0) is 19.0 Å². The van der Waals surface area contributed by atoms with Gasteiger partial charge in [0.05, 0.1) is 12.6 Å². The molecule has 0 heterocycles. The van der Waals surface area contributed by atoms with Crippen LogP contribution in [0, 0.1) is 5.92 Å². The van der Waals surface area contributed by atoms with Gasteiger partial charge in [-0.3, -0.25) is 9.59 Å². The van der Waals surface area contributed by atoms with Crippen LogP contribution < -0.4 is 16.4 Å². The summed E-state index contributed by atoms with van der Waals surface area (Å²) >= 11 is 0. The normalized spacial score (nSPS) is 12.6. The van der Waals surface area contributed by atoms with Crippen molar-refractivity contribution in [2.24, 2.45) is 11.7 Å². The molecule has 0 rings (SSSR count). The van der Waals surface area contributed by atoms with E-state index in [1.165, 1.54) is 0 Å². The second-order valence-electron chi connectivity index (χ2n) is 4.86. The largest absolute Gasteiger partial charge is 0.353 e. The Balaban J connectivity index is 3.79. The molecule has 0 saturated heterocycles. The van der Waals surface area contributed by atoms with Crippen molar-refractivity contribution in [3.05, 3.63) is 0 Å². The molecule has 4 N–H and O–H groups in total. The number of hydrogen-bond acceptors (Lipinski definition) is 4. The van der Waals surface area contributed by atoms with Gasteiger partial charge < -0.3 is 21.3 Å². The highest BCUT2D eigenvalue weighted by atomic mass is 16.2. The van der Waals surface area contributed by atoms with Crippen molar-refractivity contribution in [2.45, 2.75) is 33.7 Å². The number of nitrogens with zero attached hydrogens (tertiary/aromatic N) is 1. The zero-order chi connectivity index (χ0) is 14.8. The smallest absolute Gasteiger partial charge is 0.239 e. The summed E-state index contributed by atoms with van der Waals surface area (Å²) in [7, 11) is 0. The Morgan fingerprint density at radius 1 is 1.16 bits per heavy atom. The lowest BCUT2D eigenvalue weighted by atomic mass is 10.1. The van der Waals surface area contributed by atoms with Crippen molar-refractivity contribution in [3.8, 4) is 0 Å². The molecule has 0 aromatic heterocycles. The average molecular weight is 272 g/mol. The van der Waals surface area contributed by atoms with Crippen LogP contribution in [0.15, 0.2) is 0 Å². The molecule has 0 aliphatic carbocycles. The van der Waals surface area contributed by atoms with E-state index in [2.05, 4.69) is 29.4 Å². The number of hydrogen-bond donors (Lipinski definition) is 3. The van der Waals surface area contributed by atoms with E-state index in [1.54, 1.807) is 0 Å². The highest BCUT2D eigenvalue weighted by Crippen LogP contribution is 1.97. The van der Waals surface area contributed by atoms with E-state index < -0.39 is 6.04 Å². The molecule has 0 aromatic carbocycles. The highest BCUT2D eigenvalue weighted by molar-refractivity contribution is 5.87. The highest BCUT2D eigenvalue weighted by Gasteiger charge is 2.17. The molecule has 0 saturated carbocycles. The molecule has 1 atom stereocenters. The van der Waals surface area contributed by atoms with E-state index in [0.29, 0.717) is 6.54 Å². The Hall–Kier alpha value is -1.14. The zero-order valence-corrected chi connectivity index (χ0v) is 12.5. The van der Waals surface area contributed by atoms with Gasteiger partial charge in [0.1, 0.15) is 0 Å². The number of nitrogens with one attached hydrogen (secondary N) is 2. The topological polar surface area (TPSA) is 87.5 Å². The fourth-order valence-corrected chi connectivity index (χ4v) is 1.54. The van der Waals surface area contributed by atoms with Gasteiger partial charge in [-0.1, -0.05) is 27.7 Å². The Labute approximate surface area is 116 Å². The minimum Gasteiger partial charge on any atom is -0.353 e. The summed E-state index contributed by atoms with van der Waals surface area (Å²) in [5.74, 6) is -0.406. The summed E-state index contributed by atoms with van der Waals surface area (Å²) in [6.07, 6.45) is 0. The first-order chi connectivity index (χ1) is 8.92. The maximum atomic E-state index is 11.5. The molecule has 0 aliphatic heterocycles. The Kier molecular flexibility index (Phi) is 9.16. The molecule has 0 radical (unpaired) electrons. The van der Waals surface area contributed by atoms with Crippen molar-refractivity contribution in [1.29, 1.82) is 0 Å². The number of amides is 2. The van der Waals surface area contributed by atoms with E-state index in [1.807, 2.05) is 13.8 Å². The summed E-state index contributed by atoms with van der Waals surface area (Å²) in [5, 5.41) is 5.31. The molecular weight excluding hydrogens is 244 g/mol. The van der Waals surface area contributed by atoms with Crippen LogP contribution >= 0.6 is 0 Å². The van der Waals surface area contributed by atoms with Crippen molar-refractivity contribution in [3.63, 3.8) is 0 Å². The minimum atomic E-state index is -0.566. The predicted molar refractivity (Wildman–Crippen MR) is 76.6 cm³/mol. The zero-order valence-electron chi connectivity index (χ0n) is 12.5. The van der Waals surface area contributed by atoms with E-state index in [0.717, 1.165) is 19.6 Å². The molecule has 6 heteroatoms. The Morgan fingerprint density at radius 2 is 1.74 bits per heavy atom. The lowest BCUT2D eigenvalue weighted by molar-refractivity contribution is -0.127. The van der Waals surface area contributed by atoms with E-state index >= 15 is 0 Å². The van der Waals surface area contributed by atoms with Gasteiger partial charge in [-0.25, -0.2) is 0 Å². The van der Waals surface area contributed by atoms with Gasteiger partial charge in [-0.15, -0.1) is 0 Å². The molecule has 19 heavy (non-hydrogen) atoms. The quantitative estimate of drug-likeness (QED) is 0.530. The summed E-state index contributed by atoms with van der Waals surface area (Å²) in [6.45, 7) is 11.2. The van der Waals surface area contributed by atoms with Crippen molar-refractivity contribution in [2.75, 3.05) is 32.7 Å². The van der Waals surface area contributed by atoms with Gasteiger partial charge in [0.25, 0.3) is 0 Å². The molecule has 2 amide bonds. The summed E-state index contributed by atoms with van der Waals surface area (Å²) in [4.78, 5) is 25.3. The monoisotopic (exact) mass is 272 g/mol. The number of nitrogens with two attached hydrogens (primary N) is 1. The molecule has 0 fully saturated rings. The van der Waals surface area contributed by atoms with Crippen molar-refractivity contribution >= 4 is 11.8 Å². The van der Waals surface area contributed by atoms with Gasteiger partial charge in [0.2, 0.25) is 11.8 Å². The van der Waals surface area contributed by atoms with E-state index in [9.17, 15) is 9.59 Å². The van der Waals surface area contributed by atoms with Crippen LogP contribution in [-0.4, -0.2) is 55.5 Å². The van der Waals surface area contributed by atoms with Crippen LogP contribution in [0.4, 0.5) is 0 Å². The number of rotatable bonds is 9. The van der Waals surface area contributed by atoms with Gasteiger partial charge >= 0.3 is 0 Å². The summed E-state index contributed by atoms with van der Waals surface area (Å²) in [5.41, 5.74) is 5.67. The maximum Gasteiger partial charge on any atom is 0.239 e. The van der Waals surface area contributed by atoms with Crippen LogP contribution in [0.3, 0.4) is 0 Å². The molecule has 0 aliphatic rings. The second-order valence-corrected chi connectivity index (χ2v) is 4.86. The molecule has 0 aromatic rings. The molecule has 0 unspecified atom stereocenters. The number of likely N-dealkylation sites (N-methyl/N-ethyl adjacent to an activating group) is 1. The average Bonchev–Trinajstić information content (AvgIpc) is 2.39. The Morgan fingerprint density at radius 3 is 2.21 bits per heavy atom. The van der Waals surface area contributed by atoms with Crippen LogP contribution in [0.1, 0.15) is 27.7 Å². The molecule has 112 valence electrons. The first-order valence-electron chi connectivity index (χ1n) is 6.94. The molecule has 6 nitrogen and oxygen atoms in total. The third kappa shape index (κ3) is 7.79. The third-order valence-corrected chi connectivity index (χ3v) is 3.09. The number of carbonyl (C=O) groups excluding carboxylic acids is 2. The van der Waals surface area contributed by atoms with Gasteiger partial charge in [0, 0.05) is 13.1 Å². The van der Waals surface area contributed by atoms with Crippen molar-refractivity contribution in [1.82, 2.24) is 15.5 Å². The lowest BCUT2D eigenvalue weighted by Gasteiger charge is -2.18. The lowest BCUT2D eigenvalue weighted by Crippen LogP contribution is -2.47. The first-order valence-corrected chi connectivity index (χ1v) is 6.94. The van der Waals surface area contributed by atoms with Gasteiger partial charge in [-0.2, -0.15) is 0 Å². The van der Waals surface area contributed by atoms with Crippen molar-refractivity contribution < 1.29 is 9.59 Å². The van der Waals surface area contributed by atoms with Crippen LogP contribution in [0.25, 0.3) is 0 Å². The summed E-state index contributed by atoms with van der Waals surface area (Å²) in [6, 6.07) is -0.566. The number of carbonyl (C=O) groups is 2. The molecule has 0 spiro atoms. The Bertz CT molecular complexity index is 278. The predicted octanol–water partition coefficient (Wildman–Crippen LogP) is -0.456. The van der Waals surface area contributed by atoms with Gasteiger partial charge in [0.15, 0.2) is 0 Å². The standard InChI is InChI=1S/C13H28N4O2/c1-5-17(6-2)8-7-15-11(18)9-16-13(19)12(14)10(3)4/h10,12H,5-9,14H2,1-4H3,(H,15,18)(H,16,19)/t12-/m0/s1. The van der Waals surface area contributed by atoms with Crippen LogP contribution in [0.2, 0.25) is 0 Å². The van der Waals surface area contributed by atoms with E-state index in [4.69, 9.17) is 5.73 Å². The minimum absolute atomic E-state index is 0.0164. The molecular formula is C13H28N4O2. The van der Waals surface area contributed by atoms with Crippen LogP contribution in [0.5, 0.6) is 0 Å². The fourth-order valence-electron chi connectivity index (χ4n) is 1.54. The van der Waals surface area contributed by atoms with E-state index in [-0.39, 0.29) is 24.3 Å². The first kappa shape index (κ1) is 17.9. The third-order valence-electron chi connectivity index (χ3n) is 3.09. The SMILES string of the molecule is CCN(CC)CCNC(=O)CNC(=O)[C@@H](N)C(C)C.